The Morgan fingerprint density at radius 2 is 2.00 bits per heavy atom. The van der Waals surface area contributed by atoms with Gasteiger partial charge in [0, 0.05) is 17.8 Å². The minimum absolute atomic E-state index is 0.151. The van der Waals surface area contributed by atoms with Crippen molar-refractivity contribution in [1.29, 1.82) is 0 Å². The number of carbonyl (C=O) groups is 1. The van der Waals surface area contributed by atoms with Crippen LogP contribution in [0.25, 0.3) is 0 Å². The van der Waals surface area contributed by atoms with Gasteiger partial charge in [0.05, 0.1) is 6.54 Å². The zero-order valence-corrected chi connectivity index (χ0v) is 14.3. The van der Waals surface area contributed by atoms with E-state index < -0.39 is 0 Å². The molecule has 0 aliphatic carbocycles. The topological polar surface area (TPSA) is 77.1 Å². The molecular weight excluding hydrogens is 326 g/mol. The van der Waals surface area contributed by atoms with Crippen LogP contribution in [0.5, 0.6) is 0 Å². The van der Waals surface area contributed by atoms with Crippen molar-refractivity contribution in [2.75, 3.05) is 13.1 Å². The van der Waals surface area contributed by atoms with E-state index in [1.807, 2.05) is 12.1 Å². The normalized spacial score (nSPS) is 10.6. The molecule has 0 atom stereocenters. The van der Waals surface area contributed by atoms with Crippen molar-refractivity contribution in [3.8, 4) is 0 Å². The van der Waals surface area contributed by atoms with E-state index in [2.05, 4.69) is 5.32 Å². The van der Waals surface area contributed by atoms with E-state index in [9.17, 15) is 9.59 Å². The molecule has 1 amide bonds. The number of nitrogens with two attached hydrogens (primary N) is 1. The van der Waals surface area contributed by atoms with E-state index in [1.165, 1.54) is 4.57 Å². The number of unbranched alkanes of at least 4 members (excludes halogenated alkanes) is 2. The van der Waals surface area contributed by atoms with Gasteiger partial charge in [-0.3, -0.25) is 9.59 Å². The molecule has 0 saturated carbocycles. The smallest absolute Gasteiger partial charge is 0.263 e. The highest BCUT2D eigenvalue weighted by molar-refractivity contribution is 6.30. The van der Waals surface area contributed by atoms with Crippen molar-refractivity contribution in [1.82, 2.24) is 9.88 Å². The molecule has 0 fully saturated rings. The summed E-state index contributed by atoms with van der Waals surface area (Å²) >= 11 is 5.97. The summed E-state index contributed by atoms with van der Waals surface area (Å²) in [6.07, 6.45) is 4.42. The Hall–Kier alpha value is -2.11. The van der Waals surface area contributed by atoms with Crippen molar-refractivity contribution < 1.29 is 4.79 Å². The predicted molar refractivity (Wildman–Crippen MR) is 96.5 cm³/mol. The first-order valence-electron chi connectivity index (χ1n) is 8.04. The summed E-state index contributed by atoms with van der Waals surface area (Å²) in [4.78, 5) is 24.7. The number of aromatic nitrogens is 1. The molecule has 0 radical (unpaired) electrons. The van der Waals surface area contributed by atoms with Gasteiger partial charge in [-0.2, -0.15) is 0 Å². The van der Waals surface area contributed by atoms with Gasteiger partial charge in [0.25, 0.3) is 11.5 Å². The molecule has 0 unspecified atom stereocenters. The van der Waals surface area contributed by atoms with Gasteiger partial charge in [0.1, 0.15) is 5.56 Å². The van der Waals surface area contributed by atoms with Gasteiger partial charge >= 0.3 is 0 Å². The average Bonchev–Trinajstić information content (AvgIpc) is 2.56. The summed E-state index contributed by atoms with van der Waals surface area (Å²) in [7, 11) is 0. The molecule has 2 aromatic rings. The molecule has 0 aliphatic rings. The number of halogens is 1. The molecule has 1 aromatic heterocycles. The molecule has 3 N–H and O–H groups in total. The lowest BCUT2D eigenvalue weighted by molar-refractivity contribution is 0.0951. The van der Waals surface area contributed by atoms with Crippen LogP contribution in [0.2, 0.25) is 5.02 Å². The van der Waals surface area contributed by atoms with Crippen LogP contribution >= 0.6 is 11.6 Å². The Labute approximate surface area is 146 Å². The van der Waals surface area contributed by atoms with Crippen molar-refractivity contribution in [3.05, 3.63) is 69.1 Å². The molecule has 0 spiro atoms. The third-order valence-electron chi connectivity index (χ3n) is 3.67. The zero-order valence-electron chi connectivity index (χ0n) is 13.5. The van der Waals surface area contributed by atoms with E-state index in [4.69, 9.17) is 17.3 Å². The summed E-state index contributed by atoms with van der Waals surface area (Å²) in [5, 5.41) is 3.40. The Morgan fingerprint density at radius 1 is 1.17 bits per heavy atom. The SMILES string of the molecule is NCCCCCNC(=O)c1cccn(Cc2cccc(Cl)c2)c1=O. The summed E-state index contributed by atoms with van der Waals surface area (Å²) in [6, 6.07) is 10.6. The summed E-state index contributed by atoms with van der Waals surface area (Å²) in [5.41, 5.74) is 6.18. The fraction of sp³-hybridized carbons (Fsp3) is 0.333. The van der Waals surface area contributed by atoms with Crippen LogP contribution in [0.1, 0.15) is 35.2 Å². The van der Waals surface area contributed by atoms with Crippen LogP contribution in [-0.2, 0) is 6.54 Å². The molecule has 6 heteroatoms. The summed E-state index contributed by atoms with van der Waals surface area (Å²) < 4.78 is 1.51. The summed E-state index contributed by atoms with van der Waals surface area (Å²) in [6.45, 7) is 1.57. The number of nitrogens with zero attached hydrogens (tertiary/aromatic N) is 1. The Morgan fingerprint density at radius 3 is 2.75 bits per heavy atom. The van der Waals surface area contributed by atoms with Crippen molar-refractivity contribution in [3.63, 3.8) is 0 Å². The fourth-order valence-corrected chi connectivity index (χ4v) is 2.62. The number of benzene rings is 1. The molecule has 0 saturated heterocycles. The quantitative estimate of drug-likeness (QED) is 0.720. The first-order chi connectivity index (χ1) is 11.6. The van der Waals surface area contributed by atoms with Crippen molar-refractivity contribution >= 4 is 17.5 Å². The van der Waals surface area contributed by atoms with E-state index in [-0.39, 0.29) is 17.0 Å². The lowest BCUT2D eigenvalue weighted by Crippen LogP contribution is -2.33. The number of hydrogen-bond acceptors (Lipinski definition) is 3. The lowest BCUT2D eigenvalue weighted by atomic mass is 10.2. The number of hydrogen-bond donors (Lipinski definition) is 2. The predicted octanol–water partition coefficient (Wildman–Crippen LogP) is 2.41. The second kappa shape index (κ2) is 9.25. The van der Waals surface area contributed by atoms with Gasteiger partial charge in [-0.05, 0) is 49.2 Å². The molecule has 0 bridgehead atoms. The van der Waals surface area contributed by atoms with E-state index in [1.54, 1.807) is 30.5 Å². The van der Waals surface area contributed by atoms with Gasteiger partial charge in [0.15, 0.2) is 0 Å². The number of rotatable bonds is 8. The first kappa shape index (κ1) is 18.2. The number of pyridine rings is 1. The van der Waals surface area contributed by atoms with Gasteiger partial charge < -0.3 is 15.6 Å². The third-order valence-corrected chi connectivity index (χ3v) is 3.91. The molecule has 5 nitrogen and oxygen atoms in total. The minimum Gasteiger partial charge on any atom is -0.352 e. The zero-order chi connectivity index (χ0) is 17.4. The lowest BCUT2D eigenvalue weighted by Gasteiger charge is -2.09. The number of nitrogens with one attached hydrogen (secondary N) is 1. The standard InChI is InChI=1S/C18H22ClN3O2/c19-15-7-4-6-14(12-15)13-22-11-5-8-16(18(22)24)17(23)21-10-3-1-2-9-20/h4-8,11-12H,1-3,9-10,13,20H2,(H,21,23). The Balaban J connectivity index is 2.04. The highest BCUT2D eigenvalue weighted by Crippen LogP contribution is 2.11. The third kappa shape index (κ3) is 5.22. The van der Waals surface area contributed by atoms with E-state index in [0.717, 1.165) is 24.8 Å². The molecule has 128 valence electrons. The Kier molecular flexibility index (Phi) is 7.03. The molecule has 24 heavy (non-hydrogen) atoms. The van der Waals surface area contributed by atoms with Gasteiger partial charge in [-0.15, -0.1) is 0 Å². The van der Waals surface area contributed by atoms with Crippen LogP contribution in [-0.4, -0.2) is 23.6 Å². The van der Waals surface area contributed by atoms with Gasteiger partial charge in [0.2, 0.25) is 0 Å². The van der Waals surface area contributed by atoms with Gasteiger partial charge in [-0.25, -0.2) is 0 Å². The minimum atomic E-state index is -0.340. The van der Waals surface area contributed by atoms with Crippen LogP contribution < -0.4 is 16.6 Å². The maximum atomic E-state index is 12.5. The van der Waals surface area contributed by atoms with Crippen LogP contribution in [0.15, 0.2) is 47.4 Å². The van der Waals surface area contributed by atoms with E-state index >= 15 is 0 Å². The van der Waals surface area contributed by atoms with E-state index in [0.29, 0.717) is 24.7 Å². The molecule has 2 rings (SSSR count). The largest absolute Gasteiger partial charge is 0.352 e. The highest BCUT2D eigenvalue weighted by atomic mass is 35.5. The molecular formula is C18H22ClN3O2. The summed E-state index contributed by atoms with van der Waals surface area (Å²) in [5.74, 6) is -0.340. The molecule has 0 aliphatic heterocycles. The van der Waals surface area contributed by atoms with Crippen LogP contribution in [0.4, 0.5) is 0 Å². The monoisotopic (exact) mass is 347 g/mol. The molecule has 1 heterocycles. The second-order valence-corrected chi connectivity index (χ2v) is 6.03. The van der Waals surface area contributed by atoms with Crippen molar-refractivity contribution in [2.45, 2.75) is 25.8 Å². The maximum absolute atomic E-state index is 12.5. The average molecular weight is 348 g/mol. The van der Waals surface area contributed by atoms with Crippen LogP contribution in [0, 0.1) is 0 Å². The second-order valence-electron chi connectivity index (χ2n) is 5.59. The fourth-order valence-electron chi connectivity index (χ4n) is 2.41. The number of carbonyl (C=O) groups excluding carboxylic acids is 1. The van der Waals surface area contributed by atoms with Crippen molar-refractivity contribution in [2.24, 2.45) is 5.73 Å². The Bertz CT molecular complexity index is 743. The maximum Gasteiger partial charge on any atom is 0.263 e. The van der Waals surface area contributed by atoms with Gasteiger partial charge in [-0.1, -0.05) is 30.2 Å². The van der Waals surface area contributed by atoms with Crippen LogP contribution in [0.3, 0.4) is 0 Å². The first-order valence-corrected chi connectivity index (χ1v) is 8.42. The number of amides is 1. The molecule has 1 aromatic carbocycles. The highest BCUT2D eigenvalue weighted by Gasteiger charge is 2.11.